The third-order valence-corrected chi connectivity index (χ3v) is 3.84. The third kappa shape index (κ3) is 4.69. The number of benzene rings is 1. The minimum atomic E-state index is -3.72. The topological polar surface area (TPSA) is 107 Å². The summed E-state index contributed by atoms with van der Waals surface area (Å²) < 4.78 is 26.2. The Balaban J connectivity index is 2.76. The number of carboxylic acid groups (broad SMARTS) is 1. The van der Waals surface area contributed by atoms with Crippen molar-refractivity contribution in [2.45, 2.75) is 18.2 Å². The van der Waals surface area contributed by atoms with E-state index in [-0.39, 0.29) is 29.3 Å². The van der Waals surface area contributed by atoms with Crippen molar-refractivity contribution in [3.05, 3.63) is 29.8 Å². The van der Waals surface area contributed by atoms with E-state index < -0.39 is 16.0 Å². The lowest BCUT2D eigenvalue weighted by Gasteiger charge is -2.11. The maximum absolute atomic E-state index is 11.9. The quantitative estimate of drug-likeness (QED) is 0.807. The lowest BCUT2D eigenvalue weighted by atomic mass is 10.1. The second-order valence-corrected chi connectivity index (χ2v) is 5.96. The van der Waals surface area contributed by atoms with E-state index in [2.05, 4.69) is 4.72 Å². The molecule has 0 saturated carbocycles. The molecule has 2 N–H and O–H groups in total. The van der Waals surface area contributed by atoms with Crippen LogP contribution in [0.15, 0.2) is 29.2 Å². The van der Waals surface area contributed by atoms with Crippen molar-refractivity contribution < 1.29 is 18.3 Å². The van der Waals surface area contributed by atoms with Crippen LogP contribution in [0.2, 0.25) is 0 Å². The molecule has 0 aliphatic carbocycles. The van der Waals surface area contributed by atoms with Crippen molar-refractivity contribution in [3.63, 3.8) is 0 Å². The minimum absolute atomic E-state index is 0.00549. The van der Waals surface area contributed by atoms with Crippen LogP contribution in [0.1, 0.15) is 18.9 Å². The SMILES string of the molecule is CC(CNS(=O)(=O)c1cccc(C#N)c1)CC(=O)O. The summed E-state index contributed by atoms with van der Waals surface area (Å²) in [5, 5.41) is 17.3. The van der Waals surface area contributed by atoms with Crippen molar-refractivity contribution in [2.24, 2.45) is 5.92 Å². The lowest BCUT2D eigenvalue weighted by molar-refractivity contribution is -0.137. The summed E-state index contributed by atoms with van der Waals surface area (Å²) in [6.45, 7) is 1.67. The van der Waals surface area contributed by atoms with Gasteiger partial charge < -0.3 is 5.11 Å². The standard InChI is InChI=1S/C12H14N2O4S/c1-9(5-12(15)16)8-14-19(17,18)11-4-2-3-10(6-11)7-13/h2-4,6,9,14H,5,8H2,1H3,(H,15,16). The fourth-order valence-electron chi connectivity index (χ4n) is 1.44. The van der Waals surface area contributed by atoms with E-state index in [9.17, 15) is 13.2 Å². The number of aliphatic carboxylic acids is 1. The molecule has 0 heterocycles. The molecule has 0 aromatic heterocycles. The zero-order chi connectivity index (χ0) is 14.5. The zero-order valence-corrected chi connectivity index (χ0v) is 11.1. The van der Waals surface area contributed by atoms with Crippen molar-refractivity contribution in [3.8, 4) is 6.07 Å². The molecule has 6 nitrogen and oxygen atoms in total. The average Bonchev–Trinajstić information content (AvgIpc) is 2.36. The van der Waals surface area contributed by atoms with E-state index in [0.29, 0.717) is 0 Å². The first-order valence-corrected chi connectivity index (χ1v) is 7.05. The molecule has 1 rings (SSSR count). The van der Waals surface area contributed by atoms with Crippen LogP contribution in [-0.4, -0.2) is 26.0 Å². The molecule has 0 bridgehead atoms. The van der Waals surface area contributed by atoms with Gasteiger partial charge in [-0.15, -0.1) is 0 Å². The van der Waals surface area contributed by atoms with Gasteiger partial charge in [-0.25, -0.2) is 13.1 Å². The molecule has 7 heteroatoms. The van der Waals surface area contributed by atoms with Gasteiger partial charge in [0.25, 0.3) is 0 Å². The van der Waals surface area contributed by atoms with Crippen LogP contribution < -0.4 is 4.72 Å². The molecule has 0 aliphatic heterocycles. The summed E-state index contributed by atoms with van der Waals surface area (Å²) in [4.78, 5) is 10.5. The average molecular weight is 282 g/mol. The predicted molar refractivity (Wildman–Crippen MR) is 67.8 cm³/mol. The minimum Gasteiger partial charge on any atom is -0.481 e. The third-order valence-electron chi connectivity index (χ3n) is 2.42. The summed E-state index contributed by atoms with van der Waals surface area (Å²) in [5.41, 5.74) is 0.251. The summed E-state index contributed by atoms with van der Waals surface area (Å²) in [6.07, 6.45) is -0.110. The smallest absolute Gasteiger partial charge is 0.303 e. The Labute approximate surface area is 111 Å². The molecule has 1 aromatic carbocycles. The molecule has 0 aliphatic rings. The van der Waals surface area contributed by atoms with Gasteiger partial charge in [0.15, 0.2) is 0 Å². The number of nitriles is 1. The molecule has 0 fully saturated rings. The maximum Gasteiger partial charge on any atom is 0.303 e. The van der Waals surface area contributed by atoms with Gasteiger partial charge in [0.1, 0.15) is 0 Å². The second-order valence-electron chi connectivity index (χ2n) is 4.19. The van der Waals surface area contributed by atoms with E-state index in [1.807, 2.05) is 6.07 Å². The van der Waals surface area contributed by atoms with Crippen LogP contribution in [0.4, 0.5) is 0 Å². The van der Waals surface area contributed by atoms with E-state index >= 15 is 0 Å². The number of carbonyl (C=O) groups is 1. The molecular weight excluding hydrogens is 268 g/mol. The van der Waals surface area contributed by atoms with Crippen molar-refractivity contribution >= 4 is 16.0 Å². The molecule has 102 valence electrons. The van der Waals surface area contributed by atoms with Gasteiger partial charge in [-0.3, -0.25) is 4.79 Å². The fourth-order valence-corrected chi connectivity index (χ4v) is 2.65. The van der Waals surface area contributed by atoms with Crippen molar-refractivity contribution in [2.75, 3.05) is 6.54 Å². The van der Waals surface area contributed by atoms with Crippen LogP contribution in [-0.2, 0) is 14.8 Å². The van der Waals surface area contributed by atoms with Gasteiger partial charge in [-0.1, -0.05) is 13.0 Å². The summed E-state index contributed by atoms with van der Waals surface area (Å²) in [7, 11) is -3.72. The largest absolute Gasteiger partial charge is 0.481 e. The highest BCUT2D eigenvalue weighted by molar-refractivity contribution is 7.89. The number of sulfonamides is 1. The summed E-state index contributed by atoms with van der Waals surface area (Å²) >= 11 is 0. The number of carboxylic acids is 1. The Morgan fingerprint density at radius 3 is 2.79 bits per heavy atom. The number of rotatable bonds is 6. The van der Waals surface area contributed by atoms with Crippen LogP contribution >= 0.6 is 0 Å². The fraction of sp³-hybridized carbons (Fsp3) is 0.333. The molecule has 0 saturated heterocycles. The molecule has 0 radical (unpaired) electrons. The van der Waals surface area contributed by atoms with Gasteiger partial charge >= 0.3 is 5.97 Å². The highest BCUT2D eigenvalue weighted by Gasteiger charge is 2.16. The van der Waals surface area contributed by atoms with Crippen LogP contribution in [0, 0.1) is 17.2 Å². The maximum atomic E-state index is 11.9. The van der Waals surface area contributed by atoms with Gasteiger partial charge in [-0.2, -0.15) is 5.26 Å². The Morgan fingerprint density at radius 1 is 1.53 bits per heavy atom. The van der Waals surface area contributed by atoms with Crippen LogP contribution in [0.5, 0.6) is 0 Å². The summed E-state index contributed by atoms with van der Waals surface area (Å²) in [5.74, 6) is -1.29. The molecule has 1 aromatic rings. The van der Waals surface area contributed by atoms with E-state index in [1.54, 1.807) is 6.92 Å². The summed E-state index contributed by atoms with van der Waals surface area (Å²) in [6, 6.07) is 7.49. The molecule has 0 amide bonds. The van der Waals surface area contributed by atoms with Gasteiger partial charge in [-0.05, 0) is 24.1 Å². The van der Waals surface area contributed by atoms with Crippen LogP contribution in [0.3, 0.4) is 0 Å². The number of nitrogens with one attached hydrogen (secondary N) is 1. The second kappa shape index (κ2) is 6.31. The predicted octanol–water partition coefficient (Wildman–Crippen LogP) is 0.947. The molecule has 1 atom stereocenters. The molecule has 0 spiro atoms. The van der Waals surface area contributed by atoms with Crippen LogP contribution in [0.25, 0.3) is 0 Å². The number of nitrogens with zero attached hydrogens (tertiary/aromatic N) is 1. The monoisotopic (exact) mass is 282 g/mol. The van der Waals surface area contributed by atoms with E-state index in [1.165, 1.54) is 24.3 Å². The molecule has 1 unspecified atom stereocenters. The first kappa shape index (κ1) is 15.1. The van der Waals surface area contributed by atoms with Gasteiger partial charge in [0.05, 0.1) is 16.5 Å². The number of hydrogen-bond donors (Lipinski definition) is 2. The normalized spacial score (nSPS) is 12.6. The van der Waals surface area contributed by atoms with Crippen molar-refractivity contribution in [1.82, 2.24) is 4.72 Å². The Kier molecular flexibility index (Phi) is 5.03. The molecule has 19 heavy (non-hydrogen) atoms. The first-order chi connectivity index (χ1) is 8.85. The van der Waals surface area contributed by atoms with E-state index in [0.717, 1.165) is 0 Å². The zero-order valence-electron chi connectivity index (χ0n) is 10.3. The van der Waals surface area contributed by atoms with Gasteiger partial charge in [0, 0.05) is 13.0 Å². The number of hydrogen-bond acceptors (Lipinski definition) is 4. The highest BCUT2D eigenvalue weighted by atomic mass is 32.2. The molecular formula is C12H14N2O4S. The Hall–Kier alpha value is -1.91. The van der Waals surface area contributed by atoms with Gasteiger partial charge in [0.2, 0.25) is 10.0 Å². The Bertz CT molecular complexity index is 604. The van der Waals surface area contributed by atoms with Crippen molar-refractivity contribution in [1.29, 1.82) is 5.26 Å². The first-order valence-electron chi connectivity index (χ1n) is 5.57. The Morgan fingerprint density at radius 2 is 2.21 bits per heavy atom. The highest BCUT2D eigenvalue weighted by Crippen LogP contribution is 2.11. The van der Waals surface area contributed by atoms with E-state index in [4.69, 9.17) is 10.4 Å². The lowest BCUT2D eigenvalue weighted by Crippen LogP contribution is -2.29.